The van der Waals surface area contributed by atoms with Crippen LogP contribution in [0.15, 0.2) is 4.63 Å². The molecular weight excluding hydrogens is 170 g/mol. The fraction of sp³-hybridized carbons (Fsp3) is 0.625. The standard InChI is InChI=1S/C8H13N3O2/c1-3-4-5-7(12)9-8-6(2)10-13-11-8/h3-5H2,1-2H3,(H,9,11,12). The Kier molecular flexibility index (Phi) is 3.42. The largest absolute Gasteiger partial charge is 0.306 e. The number of aryl methyl sites for hydroxylation is 1. The molecule has 5 nitrogen and oxygen atoms in total. The summed E-state index contributed by atoms with van der Waals surface area (Å²) in [5, 5.41) is 9.71. The quantitative estimate of drug-likeness (QED) is 0.768. The zero-order chi connectivity index (χ0) is 9.68. The van der Waals surface area contributed by atoms with Crippen LogP contribution in [0.4, 0.5) is 5.82 Å². The number of carbonyl (C=O) groups is 1. The van der Waals surface area contributed by atoms with Gasteiger partial charge in [0.2, 0.25) is 5.91 Å². The molecule has 0 aromatic carbocycles. The molecule has 0 spiro atoms. The third-order valence-electron chi connectivity index (χ3n) is 1.67. The van der Waals surface area contributed by atoms with Crippen LogP contribution in [0.2, 0.25) is 0 Å². The average molecular weight is 183 g/mol. The molecule has 1 amide bonds. The SMILES string of the molecule is CCCCC(=O)Nc1nonc1C. The van der Waals surface area contributed by atoms with E-state index < -0.39 is 0 Å². The van der Waals surface area contributed by atoms with Gasteiger partial charge in [-0.3, -0.25) is 4.79 Å². The topological polar surface area (TPSA) is 68.0 Å². The first-order valence-corrected chi connectivity index (χ1v) is 4.33. The Hall–Kier alpha value is -1.39. The highest BCUT2D eigenvalue weighted by Gasteiger charge is 2.08. The summed E-state index contributed by atoms with van der Waals surface area (Å²) in [5.74, 6) is 0.377. The van der Waals surface area contributed by atoms with E-state index in [1.165, 1.54) is 0 Å². The number of carbonyl (C=O) groups excluding carboxylic acids is 1. The van der Waals surface area contributed by atoms with Gasteiger partial charge in [0.1, 0.15) is 5.69 Å². The van der Waals surface area contributed by atoms with E-state index in [1.54, 1.807) is 6.92 Å². The van der Waals surface area contributed by atoms with Crippen LogP contribution in [-0.2, 0) is 4.79 Å². The Balaban J connectivity index is 2.41. The molecule has 1 aromatic rings. The van der Waals surface area contributed by atoms with Crippen molar-refractivity contribution in [3.05, 3.63) is 5.69 Å². The van der Waals surface area contributed by atoms with Gasteiger partial charge in [0.15, 0.2) is 5.82 Å². The molecule has 0 atom stereocenters. The summed E-state index contributed by atoms with van der Waals surface area (Å²) < 4.78 is 4.44. The number of nitrogens with one attached hydrogen (secondary N) is 1. The Morgan fingerprint density at radius 1 is 1.54 bits per heavy atom. The number of anilines is 1. The first kappa shape index (κ1) is 9.70. The summed E-state index contributed by atoms with van der Waals surface area (Å²) in [4.78, 5) is 11.2. The highest BCUT2D eigenvalue weighted by atomic mass is 16.6. The normalized spacial score (nSPS) is 10.0. The lowest BCUT2D eigenvalue weighted by atomic mass is 10.2. The van der Waals surface area contributed by atoms with Crippen molar-refractivity contribution in [1.29, 1.82) is 0 Å². The highest BCUT2D eigenvalue weighted by Crippen LogP contribution is 2.07. The zero-order valence-electron chi connectivity index (χ0n) is 7.83. The van der Waals surface area contributed by atoms with Gasteiger partial charge in [-0.2, -0.15) is 0 Å². The third kappa shape index (κ3) is 2.85. The molecule has 1 aromatic heterocycles. The molecule has 0 saturated carbocycles. The van der Waals surface area contributed by atoms with Gasteiger partial charge < -0.3 is 5.32 Å². The van der Waals surface area contributed by atoms with Gasteiger partial charge >= 0.3 is 0 Å². The molecule has 1 N–H and O–H groups in total. The molecule has 0 aliphatic heterocycles. The van der Waals surface area contributed by atoms with Gasteiger partial charge in [0.05, 0.1) is 0 Å². The third-order valence-corrected chi connectivity index (χ3v) is 1.67. The second-order valence-corrected chi connectivity index (χ2v) is 2.85. The molecule has 0 aliphatic carbocycles. The smallest absolute Gasteiger partial charge is 0.225 e. The van der Waals surface area contributed by atoms with Crippen molar-refractivity contribution < 1.29 is 9.42 Å². The maximum atomic E-state index is 11.2. The van der Waals surface area contributed by atoms with E-state index in [0.29, 0.717) is 17.9 Å². The molecule has 0 saturated heterocycles. The maximum absolute atomic E-state index is 11.2. The van der Waals surface area contributed by atoms with E-state index in [-0.39, 0.29) is 5.91 Å². The number of amides is 1. The minimum Gasteiger partial charge on any atom is -0.306 e. The molecule has 13 heavy (non-hydrogen) atoms. The number of aromatic nitrogens is 2. The lowest BCUT2D eigenvalue weighted by Gasteiger charge is -1.99. The van der Waals surface area contributed by atoms with E-state index in [2.05, 4.69) is 20.3 Å². The van der Waals surface area contributed by atoms with Gasteiger partial charge in [-0.1, -0.05) is 18.5 Å². The molecule has 72 valence electrons. The summed E-state index contributed by atoms with van der Waals surface area (Å²) >= 11 is 0. The van der Waals surface area contributed by atoms with Crippen LogP contribution in [-0.4, -0.2) is 16.2 Å². The van der Waals surface area contributed by atoms with Crippen molar-refractivity contribution in [1.82, 2.24) is 10.3 Å². The van der Waals surface area contributed by atoms with Crippen molar-refractivity contribution in [3.8, 4) is 0 Å². The van der Waals surface area contributed by atoms with Crippen molar-refractivity contribution in [2.45, 2.75) is 33.1 Å². The molecule has 0 bridgehead atoms. The number of hydrogen-bond acceptors (Lipinski definition) is 4. The lowest BCUT2D eigenvalue weighted by molar-refractivity contribution is -0.116. The fourth-order valence-electron chi connectivity index (χ4n) is 0.877. The second kappa shape index (κ2) is 4.59. The van der Waals surface area contributed by atoms with Crippen LogP contribution in [0, 0.1) is 6.92 Å². The minimum atomic E-state index is -0.0411. The van der Waals surface area contributed by atoms with Gasteiger partial charge in [-0.05, 0) is 18.5 Å². The fourth-order valence-corrected chi connectivity index (χ4v) is 0.877. The summed E-state index contributed by atoms with van der Waals surface area (Å²) in [6, 6.07) is 0. The Bertz CT molecular complexity index is 283. The molecule has 0 aliphatic rings. The van der Waals surface area contributed by atoms with Crippen molar-refractivity contribution >= 4 is 11.7 Å². The number of nitrogens with zero attached hydrogens (tertiary/aromatic N) is 2. The van der Waals surface area contributed by atoms with E-state index >= 15 is 0 Å². The predicted molar refractivity (Wildman–Crippen MR) is 47.2 cm³/mol. The van der Waals surface area contributed by atoms with E-state index in [0.717, 1.165) is 12.8 Å². The van der Waals surface area contributed by atoms with Gasteiger partial charge in [0, 0.05) is 6.42 Å². The Labute approximate surface area is 76.5 Å². The summed E-state index contributed by atoms with van der Waals surface area (Å²) in [6.07, 6.45) is 2.41. The van der Waals surface area contributed by atoms with Crippen molar-refractivity contribution in [2.75, 3.05) is 5.32 Å². The first-order chi connectivity index (χ1) is 6.24. The van der Waals surface area contributed by atoms with E-state index in [4.69, 9.17) is 0 Å². The molecule has 1 rings (SSSR count). The Morgan fingerprint density at radius 3 is 2.85 bits per heavy atom. The van der Waals surface area contributed by atoms with Crippen LogP contribution in [0.5, 0.6) is 0 Å². The molecule has 1 heterocycles. The predicted octanol–water partition coefficient (Wildman–Crippen LogP) is 1.51. The van der Waals surface area contributed by atoms with Crippen LogP contribution in [0.3, 0.4) is 0 Å². The minimum absolute atomic E-state index is 0.0411. The average Bonchev–Trinajstić information content (AvgIpc) is 2.48. The van der Waals surface area contributed by atoms with E-state index in [1.807, 2.05) is 6.92 Å². The number of unbranched alkanes of at least 4 members (excludes halogenated alkanes) is 1. The molecule has 0 radical (unpaired) electrons. The molecular formula is C8H13N3O2. The number of rotatable bonds is 4. The highest BCUT2D eigenvalue weighted by molar-refractivity contribution is 5.89. The van der Waals surface area contributed by atoms with E-state index in [9.17, 15) is 4.79 Å². The summed E-state index contributed by atoms with van der Waals surface area (Å²) in [6.45, 7) is 3.77. The van der Waals surface area contributed by atoms with Crippen molar-refractivity contribution in [3.63, 3.8) is 0 Å². The first-order valence-electron chi connectivity index (χ1n) is 4.33. The van der Waals surface area contributed by atoms with Crippen LogP contribution in [0.25, 0.3) is 0 Å². The Morgan fingerprint density at radius 2 is 2.31 bits per heavy atom. The molecule has 5 heteroatoms. The van der Waals surface area contributed by atoms with Gasteiger partial charge in [0.25, 0.3) is 0 Å². The second-order valence-electron chi connectivity index (χ2n) is 2.85. The van der Waals surface area contributed by atoms with Crippen molar-refractivity contribution in [2.24, 2.45) is 0 Å². The maximum Gasteiger partial charge on any atom is 0.225 e. The summed E-state index contributed by atoms with van der Waals surface area (Å²) in [5.41, 5.74) is 0.602. The molecule has 0 unspecified atom stereocenters. The van der Waals surface area contributed by atoms with Gasteiger partial charge in [-0.25, -0.2) is 4.63 Å². The van der Waals surface area contributed by atoms with Crippen LogP contribution in [0.1, 0.15) is 31.9 Å². The lowest BCUT2D eigenvalue weighted by Crippen LogP contribution is -2.11. The summed E-state index contributed by atoms with van der Waals surface area (Å²) in [7, 11) is 0. The monoisotopic (exact) mass is 183 g/mol. The van der Waals surface area contributed by atoms with Crippen LogP contribution < -0.4 is 5.32 Å². The van der Waals surface area contributed by atoms with Gasteiger partial charge in [-0.15, -0.1) is 0 Å². The zero-order valence-corrected chi connectivity index (χ0v) is 7.83. The number of hydrogen-bond donors (Lipinski definition) is 1. The van der Waals surface area contributed by atoms with Crippen LogP contribution >= 0.6 is 0 Å². The molecule has 0 fully saturated rings.